The number of benzene rings is 1. The van der Waals surface area contributed by atoms with Gasteiger partial charge in [-0.1, -0.05) is 0 Å². The maximum atomic E-state index is 12.1. The lowest BCUT2D eigenvalue weighted by atomic mass is 9.79. The Hall–Kier alpha value is -2.84. The van der Waals surface area contributed by atoms with Crippen LogP contribution in [-0.4, -0.2) is 50.8 Å². The number of carbonyl (C=O) groups excluding carboxylic acids is 2. The summed E-state index contributed by atoms with van der Waals surface area (Å²) in [7, 11) is 3.64. The number of rotatable bonds is 5. The molecule has 1 heterocycles. The van der Waals surface area contributed by atoms with E-state index in [1.807, 2.05) is 0 Å². The lowest BCUT2D eigenvalue weighted by molar-refractivity contribution is -0.531. The van der Waals surface area contributed by atoms with Gasteiger partial charge in [-0.2, -0.15) is 0 Å². The highest BCUT2D eigenvalue weighted by Gasteiger charge is 2.51. The van der Waals surface area contributed by atoms with E-state index in [2.05, 4.69) is 9.47 Å². The number of carbonyl (C=O) groups is 2. The third-order valence-corrected chi connectivity index (χ3v) is 3.94. The van der Waals surface area contributed by atoms with Crippen molar-refractivity contribution in [1.82, 2.24) is 0 Å². The van der Waals surface area contributed by atoms with E-state index >= 15 is 0 Å². The van der Waals surface area contributed by atoms with Gasteiger partial charge in [0.25, 0.3) is 6.04 Å². The fraction of sp³-hybridized carbons (Fsp3) is 0.467. The van der Waals surface area contributed by atoms with Gasteiger partial charge in [0, 0.05) is 10.5 Å². The zero-order chi connectivity index (χ0) is 17.9. The van der Waals surface area contributed by atoms with Crippen LogP contribution in [0, 0.1) is 16.0 Å². The maximum absolute atomic E-state index is 12.1. The Morgan fingerprint density at radius 2 is 1.88 bits per heavy atom. The molecule has 9 nitrogen and oxygen atoms in total. The van der Waals surface area contributed by atoms with E-state index in [1.165, 1.54) is 13.2 Å². The van der Waals surface area contributed by atoms with Gasteiger partial charge in [0.05, 0.1) is 27.2 Å². The molecule has 1 aromatic rings. The number of ether oxygens (including phenoxy) is 4. The van der Waals surface area contributed by atoms with Crippen molar-refractivity contribution in [2.75, 3.05) is 27.9 Å². The van der Waals surface area contributed by atoms with Crippen LogP contribution in [0.25, 0.3) is 0 Å². The SMILES string of the molecule is COC(=O)C(C(=O)OC)C1c2cc(OC)ccc2OCC1[N+](=O)[O-]. The number of hydrogen-bond acceptors (Lipinski definition) is 8. The van der Waals surface area contributed by atoms with E-state index in [4.69, 9.17) is 9.47 Å². The van der Waals surface area contributed by atoms with E-state index in [0.717, 1.165) is 14.2 Å². The van der Waals surface area contributed by atoms with Crippen molar-refractivity contribution in [1.29, 1.82) is 0 Å². The molecule has 0 saturated heterocycles. The Kier molecular flexibility index (Phi) is 5.22. The molecule has 1 aliphatic rings. The summed E-state index contributed by atoms with van der Waals surface area (Å²) >= 11 is 0. The monoisotopic (exact) mass is 339 g/mol. The fourth-order valence-corrected chi connectivity index (χ4v) is 2.77. The summed E-state index contributed by atoms with van der Waals surface area (Å²) in [6.45, 7) is -0.276. The molecule has 24 heavy (non-hydrogen) atoms. The van der Waals surface area contributed by atoms with Crippen LogP contribution in [0.2, 0.25) is 0 Å². The summed E-state index contributed by atoms with van der Waals surface area (Å²) in [5, 5.41) is 11.4. The summed E-state index contributed by atoms with van der Waals surface area (Å²) in [4.78, 5) is 35.1. The molecule has 9 heteroatoms. The third kappa shape index (κ3) is 3.10. The Morgan fingerprint density at radius 1 is 1.25 bits per heavy atom. The first-order valence-corrected chi connectivity index (χ1v) is 7.04. The molecule has 0 aromatic heterocycles. The molecule has 1 aromatic carbocycles. The smallest absolute Gasteiger partial charge is 0.320 e. The Balaban J connectivity index is 2.62. The van der Waals surface area contributed by atoms with Gasteiger partial charge >= 0.3 is 11.9 Å². The second-order valence-electron chi connectivity index (χ2n) is 5.12. The average molecular weight is 339 g/mol. The van der Waals surface area contributed by atoms with Crippen LogP contribution in [0.4, 0.5) is 0 Å². The van der Waals surface area contributed by atoms with Gasteiger partial charge in [-0.25, -0.2) is 0 Å². The van der Waals surface area contributed by atoms with Crippen LogP contribution >= 0.6 is 0 Å². The number of nitro groups is 1. The first-order valence-electron chi connectivity index (χ1n) is 7.04. The molecular weight excluding hydrogens is 322 g/mol. The topological polar surface area (TPSA) is 114 Å². The maximum Gasteiger partial charge on any atom is 0.320 e. The first-order chi connectivity index (χ1) is 11.4. The molecule has 0 spiro atoms. The van der Waals surface area contributed by atoms with Gasteiger partial charge in [0.15, 0.2) is 12.5 Å². The highest BCUT2D eigenvalue weighted by molar-refractivity contribution is 5.96. The number of hydrogen-bond donors (Lipinski definition) is 0. The number of methoxy groups -OCH3 is 3. The lowest BCUT2D eigenvalue weighted by Gasteiger charge is -2.31. The molecule has 0 aliphatic carbocycles. The van der Waals surface area contributed by atoms with Crippen LogP contribution < -0.4 is 9.47 Å². The van der Waals surface area contributed by atoms with Crippen molar-refractivity contribution in [3.8, 4) is 11.5 Å². The minimum absolute atomic E-state index is 0.276. The summed E-state index contributed by atoms with van der Waals surface area (Å²) in [6.07, 6.45) is 0. The van der Waals surface area contributed by atoms with Gasteiger partial charge < -0.3 is 18.9 Å². The summed E-state index contributed by atoms with van der Waals surface area (Å²) in [5.74, 6) is -3.64. The fourth-order valence-electron chi connectivity index (χ4n) is 2.77. The second-order valence-corrected chi connectivity index (χ2v) is 5.12. The molecular formula is C15H17NO8. The molecule has 0 fully saturated rings. The highest BCUT2D eigenvalue weighted by Crippen LogP contribution is 2.42. The Labute approximate surface area is 137 Å². The second kappa shape index (κ2) is 7.16. The van der Waals surface area contributed by atoms with Gasteiger partial charge in [-0.05, 0) is 18.2 Å². The summed E-state index contributed by atoms with van der Waals surface area (Å²) in [6, 6.07) is 3.39. The molecule has 0 N–H and O–H groups in total. The zero-order valence-corrected chi connectivity index (χ0v) is 13.4. The zero-order valence-electron chi connectivity index (χ0n) is 13.4. The Morgan fingerprint density at radius 3 is 2.38 bits per heavy atom. The minimum atomic E-state index is -1.48. The lowest BCUT2D eigenvalue weighted by Crippen LogP contribution is -2.46. The molecule has 0 bridgehead atoms. The molecule has 2 rings (SSSR count). The van der Waals surface area contributed by atoms with Crippen molar-refractivity contribution in [2.45, 2.75) is 12.0 Å². The van der Waals surface area contributed by atoms with Crippen LogP contribution in [-0.2, 0) is 19.1 Å². The van der Waals surface area contributed by atoms with Crippen molar-refractivity contribution < 1.29 is 33.5 Å². The number of esters is 2. The quantitative estimate of drug-likeness (QED) is 0.334. The van der Waals surface area contributed by atoms with E-state index in [9.17, 15) is 19.7 Å². The highest BCUT2D eigenvalue weighted by atomic mass is 16.6. The van der Waals surface area contributed by atoms with Crippen molar-refractivity contribution in [2.24, 2.45) is 5.92 Å². The first kappa shape index (κ1) is 17.5. The molecule has 0 saturated carbocycles. The van der Waals surface area contributed by atoms with Crippen molar-refractivity contribution >= 4 is 11.9 Å². The number of fused-ring (bicyclic) bond motifs is 1. The predicted octanol–water partition coefficient (Wildman–Crippen LogP) is 0.779. The summed E-state index contributed by atoms with van der Waals surface area (Å²) in [5.41, 5.74) is 0.322. The van der Waals surface area contributed by atoms with Crippen LogP contribution in [0.5, 0.6) is 11.5 Å². The third-order valence-electron chi connectivity index (χ3n) is 3.94. The van der Waals surface area contributed by atoms with Gasteiger partial charge in [0.1, 0.15) is 11.5 Å². The predicted molar refractivity (Wildman–Crippen MR) is 79.5 cm³/mol. The Bertz CT molecular complexity index is 643. The molecule has 2 atom stereocenters. The molecule has 2 unspecified atom stereocenters. The van der Waals surface area contributed by atoms with Crippen LogP contribution in [0.3, 0.4) is 0 Å². The standard InChI is InChI=1S/C15H17NO8/c1-21-8-4-5-11-9(6-8)12(10(7-24-11)16(19)20)13(14(17)22-2)15(18)23-3/h4-6,10,12-13H,7H2,1-3H3. The van der Waals surface area contributed by atoms with E-state index in [1.54, 1.807) is 12.1 Å². The van der Waals surface area contributed by atoms with Crippen LogP contribution in [0.1, 0.15) is 11.5 Å². The molecule has 0 amide bonds. The van der Waals surface area contributed by atoms with Crippen molar-refractivity contribution in [3.63, 3.8) is 0 Å². The van der Waals surface area contributed by atoms with E-state index < -0.39 is 34.7 Å². The normalized spacial score (nSPS) is 19.0. The van der Waals surface area contributed by atoms with Gasteiger partial charge in [-0.3, -0.25) is 19.7 Å². The summed E-state index contributed by atoms with van der Waals surface area (Å²) < 4.78 is 19.8. The van der Waals surface area contributed by atoms with E-state index in [0.29, 0.717) is 17.1 Å². The molecule has 130 valence electrons. The largest absolute Gasteiger partial charge is 0.497 e. The average Bonchev–Trinajstić information content (AvgIpc) is 2.60. The van der Waals surface area contributed by atoms with Crippen molar-refractivity contribution in [3.05, 3.63) is 33.9 Å². The molecule has 0 radical (unpaired) electrons. The molecule has 1 aliphatic heterocycles. The minimum Gasteiger partial charge on any atom is -0.497 e. The van der Waals surface area contributed by atoms with E-state index in [-0.39, 0.29) is 6.61 Å². The van der Waals surface area contributed by atoms with Gasteiger partial charge in [-0.15, -0.1) is 0 Å². The number of nitrogens with zero attached hydrogens (tertiary/aromatic N) is 1. The van der Waals surface area contributed by atoms with Crippen LogP contribution in [0.15, 0.2) is 18.2 Å². The van der Waals surface area contributed by atoms with Gasteiger partial charge in [0.2, 0.25) is 0 Å².